The van der Waals surface area contributed by atoms with E-state index >= 15 is 0 Å². The minimum atomic E-state index is -0.0772. The van der Waals surface area contributed by atoms with E-state index < -0.39 is 0 Å². The van der Waals surface area contributed by atoms with Crippen LogP contribution in [0.3, 0.4) is 0 Å². The minimum absolute atomic E-state index is 0.0611. The molecule has 0 spiro atoms. The fourth-order valence-electron chi connectivity index (χ4n) is 1.47. The van der Waals surface area contributed by atoms with Crippen LogP contribution in [0.4, 0.5) is 5.82 Å². The third-order valence-corrected chi connectivity index (χ3v) is 2.21. The number of pyridine rings is 1. The molecule has 17 heavy (non-hydrogen) atoms. The molecule has 0 amide bonds. The van der Waals surface area contributed by atoms with Crippen molar-refractivity contribution < 1.29 is 15.4 Å². The maximum Gasteiger partial charge on any atom is 0.173 e. The zero-order chi connectivity index (χ0) is 12.7. The zero-order valence-electron chi connectivity index (χ0n) is 9.32. The predicted octanol–water partition coefficient (Wildman–Crippen LogP) is -1.03. The van der Waals surface area contributed by atoms with E-state index in [0.717, 1.165) is 0 Å². The van der Waals surface area contributed by atoms with Crippen molar-refractivity contribution in [2.75, 3.05) is 31.2 Å². The van der Waals surface area contributed by atoms with E-state index in [1.165, 1.54) is 0 Å². The number of oxime groups is 1. The molecule has 0 aliphatic carbocycles. The van der Waals surface area contributed by atoms with Crippen LogP contribution in [0.15, 0.2) is 23.5 Å². The average Bonchev–Trinajstić information content (AvgIpc) is 2.37. The van der Waals surface area contributed by atoms with Crippen LogP contribution in [0.5, 0.6) is 0 Å². The smallest absolute Gasteiger partial charge is 0.173 e. The lowest BCUT2D eigenvalue weighted by atomic mass is 10.2. The van der Waals surface area contributed by atoms with E-state index in [1.807, 2.05) is 0 Å². The summed E-state index contributed by atoms with van der Waals surface area (Å²) in [5, 5.41) is 29.5. The van der Waals surface area contributed by atoms with Gasteiger partial charge in [0.25, 0.3) is 0 Å². The van der Waals surface area contributed by atoms with Crippen molar-refractivity contribution in [2.24, 2.45) is 10.9 Å². The molecule has 1 heterocycles. The Morgan fingerprint density at radius 3 is 2.53 bits per heavy atom. The molecule has 0 aromatic carbocycles. The van der Waals surface area contributed by atoms with Gasteiger partial charge in [-0.3, -0.25) is 0 Å². The van der Waals surface area contributed by atoms with Gasteiger partial charge in [0.05, 0.1) is 18.8 Å². The number of anilines is 1. The molecule has 1 aromatic rings. The molecule has 0 aliphatic rings. The number of nitrogens with zero attached hydrogens (tertiary/aromatic N) is 3. The molecule has 7 heteroatoms. The minimum Gasteiger partial charge on any atom is -0.409 e. The number of amidine groups is 1. The lowest BCUT2D eigenvalue weighted by Gasteiger charge is -2.23. The van der Waals surface area contributed by atoms with Crippen molar-refractivity contribution in [3.63, 3.8) is 0 Å². The van der Waals surface area contributed by atoms with Crippen molar-refractivity contribution >= 4 is 11.7 Å². The van der Waals surface area contributed by atoms with E-state index in [1.54, 1.807) is 23.2 Å². The standard InChI is InChI=1S/C10H16N4O3/c11-9(13-17)8-2-1-3-12-10(8)14(4-6-15)5-7-16/h1-3,15-17H,4-7H2,(H2,11,13). The van der Waals surface area contributed by atoms with Gasteiger partial charge >= 0.3 is 0 Å². The predicted molar refractivity (Wildman–Crippen MR) is 63.1 cm³/mol. The third-order valence-electron chi connectivity index (χ3n) is 2.21. The van der Waals surface area contributed by atoms with E-state index in [-0.39, 0.29) is 19.0 Å². The summed E-state index contributed by atoms with van der Waals surface area (Å²) < 4.78 is 0. The van der Waals surface area contributed by atoms with Crippen LogP contribution < -0.4 is 10.6 Å². The van der Waals surface area contributed by atoms with Crippen LogP contribution in [0.2, 0.25) is 0 Å². The number of aromatic nitrogens is 1. The second-order valence-corrected chi connectivity index (χ2v) is 3.29. The zero-order valence-corrected chi connectivity index (χ0v) is 9.32. The largest absolute Gasteiger partial charge is 0.409 e. The van der Waals surface area contributed by atoms with E-state index in [2.05, 4.69) is 10.1 Å². The van der Waals surface area contributed by atoms with Crippen molar-refractivity contribution in [1.82, 2.24) is 4.98 Å². The Balaban J connectivity index is 3.08. The van der Waals surface area contributed by atoms with Gasteiger partial charge < -0.3 is 26.1 Å². The highest BCUT2D eigenvalue weighted by Gasteiger charge is 2.14. The highest BCUT2D eigenvalue weighted by Crippen LogP contribution is 2.16. The summed E-state index contributed by atoms with van der Waals surface area (Å²) in [6, 6.07) is 3.31. The number of aliphatic hydroxyl groups is 2. The van der Waals surface area contributed by atoms with Gasteiger partial charge in [0.2, 0.25) is 0 Å². The molecule has 0 aliphatic heterocycles. The number of rotatable bonds is 6. The molecule has 5 N–H and O–H groups in total. The lowest BCUT2D eigenvalue weighted by molar-refractivity contribution is 0.280. The van der Waals surface area contributed by atoms with Crippen molar-refractivity contribution in [3.05, 3.63) is 23.9 Å². The SMILES string of the molecule is N/C(=N/O)c1cccnc1N(CCO)CCO. The lowest BCUT2D eigenvalue weighted by Crippen LogP contribution is -2.32. The van der Waals surface area contributed by atoms with Gasteiger partial charge in [-0.25, -0.2) is 4.98 Å². The molecule has 0 saturated carbocycles. The molecule has 0 unspecified atom stereocenters. The number of hydrogen-bond acceptors (Lipinski definition) is 6. The average molecular weight is 240 g/mol. The third kappa shape index (κ3) is 3.30. The molecule has 0 bridgehead atoms. The first-order chi connectivity index (χ1) is 8.24. The van der Waals surface area contributed by atoms with Crippen LogP contribution >= 0.6 is 0 Å². The van der Waals surface area contributed by atoms with Gasteiger partial charge in [-0.2, -0.15) is 0 Å². The van der Waals surface area contributed by atoms with E-state index in [0.29, 0.717) is 24.5 Å². The Morgan fingerprint density at radius 2 is 2.00 bits per heavy atom. The molecule has 0 fully saturated rings. The monoisotopic (exact) mass is 240 g/mol. The maximum atomic E-state index is 8.95. The Bertz CT molecular complexity index is 378. The van der Waals surface area contributed by atoms with Gasteiger partial charge in [-0.15, -0.1) is 0 Å². The van der Waals surface area contributed by atoms with E-state index in [9.17, 15) is 0 Å². The molecule has 0 atom stereocenters. The Morgan fingerprint density at radius 1 is 1.35 bits per heavy atom. The van der Waals surface area contributed by atoms with Gasteiger partial charge in [0, 0.05) is 19.3 Å². The molecular weight excluding hydrogens is 224 g/mol. The van der Waals surface area contributed by atoms with Crippen molar-refractivity contribution in [1.29, 1.82) is 0 Å². The number of aliphatic hydroxyl groups excluding tert-OH is 2. The van der Waals surface area contributed by atoms with Crippen molar-refractivity contribution in [2.45, 2.75) is 0 Å². The first-order valence-electron chi connectivity index (χ1n) is 5.14. The van der Waals surface area contributed by atoms with Crippen LogP contribution in [-0.2, 0) is 0 Å². The quantitative estimate of drug-likeness (QED) is 0.219. The van der Waals surface area contributed by atoms with Crippen LogP contribution in [0.25, 0.3) is 0 Å². The molecular formula is C10H16N4O3. The highest BCUT2D eigenvalue weighted by atomic mass is 16.4. The topological polar surface area (TPSA) is 115 Å². The summed E-state index contributed by atoms with van der Waals surface area (Å²) in [5.74, 6) is 0.403. The molecule has 94 valence electrons. The first-order valence-corrected chi connectivity index (χ1v) is 5.14. The highest BCUT2D eigenvalue weighted by molar-refractivity contribution is 6.01. The molecule has 0 saturated heterocycles. The normalized spacial score (nSPS) is 11.5. The Labute approximate surface area is 98.8 Å². The summed E-state index contributed by atoms with van der Waals surface area (Å²) in [4.78, 5) is 5.78. The fraction of sp³-hybridized carbons (Fsp3) is 0.400. The molecule has 0 radical (unpaired) electrons. The van der Waals surface area contributed by atoms with Crippen LogP contribution in [0, 0.1) is 0 Å². The first kappa shape index (κ1) is 13.2. The second-order valence-electron chi connectivity index (χ2n) is 3.29. The summed E-state index contributed by atoms with van der Waals surface area (Å²) in [5.41, 5.74) is 5.99. The second kappa shape index (κ2) is 6.66. The Kier molecular flexibility index (Phi) is 5.18. The Hall–Kier alpha value is -1.86. The summed E-state index contributed by atoms with van der Waals surface area (Å²) in [7, 11) is 0. The van der Waals surface area contributed by atoms with Gasteiger partial charge in [-0.05, 0) is 12.1 Å². The maximum absolute atomic E-state index is 8.95. The molecule has 7 nitrogen and oxygen atoms in total. The fourth-order valence-corrected chi connectivity index (χ4v) is 1.47. The molecule has 1 rings (SSSR count). The summed E-state index contributed by atoms with van der Waals surface area (Å²) >= 11 is 0. The van der Waals surface area contributed by atoms with Gasteiger partial charge in [-0.1, -0.05) is 5.16 Å². The van der Waals surface area contributed by atoms with Crippen molar-refractivity contribution in [3.8, 4) is 0 Å². The van der Waals surface area contributed by atoms with Crippen LogP contribution in [0.1, 0.15) is 5.56 Å². The van der Waals surface area contributed by atoms with Gasteiger partial charge in [0.1, 0.15) is 5.82 Å². The van der Waals surface area contributed by atoms with Gasteiger partial charge in [0.15, 0.2) is 5.84 Å². The van der Waals surface area contributed by atoms with E-state index in [4.69, 9.17) is 21.2 Å². The number of nitrogens with two attached hydrogens (primary N) is 1. The molecule has 1 aromatic heterocycles. The number of hydrogen-bond donors (Lipinski definition) is 4. The summed E-state index contributed by atoms with van der Waals surface area (Å²) in [6.07, 6.45) is 1.56. The summed E-state index contributed by atoms with van der Waals surface area (Å²) in [6.45, 7) is 0.463. The van der Waals surface area contributed by atoms with Crippen LogP contribution in [-0.4, -0.2) is 52.5 Å².